The maximum absolute atomic E-state index is 13.0. The first kappa shape index (κ1) is 51.9. The number of benzene rings is 9. The van der Waals surface area contributed by atoms with Crippen LogP contribution in [0.25, 0.3) is 76.7 Å². The Hall–Kier alpha value is -8.59. The molecule has 9 aromatic carbocycles. The number of carboxylic acid groups (broad SMARTS) is 2. The van der Waals surface area contributed by atoms with Gasteiger partial charge in [-0.1, -0.05) is 197 Å². The summed E-state index contributed by atoms with van der Waals surface area (Å²) < 4.78 is 16.2. The van der Waals surface area contributed by atoms with Gasteiger partial charge in [-0.3, -0.25) is 0 Å². The highest BCUT2D eigenvalue weighted by Crippen LogP contribution is 2.43. The van der Waals surface area contributed by atoms with Crippen LogP contribution in [0.4, 0.5) is 0 Å². The van der Waals surface area contributed by atoms with E-state index in [0.29, 0.717) is 49.9 Å². The number of hydrogen-bond acceptors (Lipinski definition) is 4. The van der Waals surface area contributed by atoms with E-state index in [1.165, 1.54) is 0 Å². The van der Waals surface area contributed by atoms with Crippen LogP contribution in [-0.4, -0.2) is 44.5 Å². The van der Waals surface area contributed by atoms with Crippen molar-refractivity contribution >= 4 is 66.9 Å². The lowest BCUT2D eigenvalue weighted by atomic mass is 9.90. The molecule has 0 saturated carbocycles. The van der Waals surface area contributed by atoms with Gasteiger partial charge in [-0.15, -0.1) is 0 Å². The first-order chi connectivity index (χ1) is 37.5. The van der Waals surface area contributed by atoms with E-state index < -0.39 is 11.9 Å². The van der Waals surface area contributed by atoms with Crippen LogP contribution >= 0.6 is 11.6 Å². The Morgan fingerprint density at radius 1 is 0.455 bits per heavy atom. The molecular formula is C68H61ClN2O6. The van der Waals surface area contributed by atoms with Crippen LogP contribution in [0, 0.1) is 0 Å². The largest absolute Gasteiger partial charge is 0.493 e. The first-order valence-electron chi connectivity index (χ1n) is 26.4. The first-order valence-corrected chi connectivity index (χ1v) is 26.8. The summed E-state index contributed by atoms with van der Waals surface area (Å²) in [5, 5.41) is 27.8. The minimum absolute atomic E-state index is 0.245. The minimum Gasteiger partial charge on any atom is -0.493 e. The van der Waals surface area contributed by atoms with Crippen LogP contribution in [0.15, 0.2) is 200 Å². The fourth-order valence-electron chi connectivity index (χ4n) is 10.9. The number of ether oxygens (including phenoxy) is 2. The molecule has 0 bridgehead atoms. The quantitative estimate of drug-likeness (QED) is 0.0881. The molecule has 9 heteroatoms. The van der Waals surface area contributed by atoms with E-state index in [4.69, 9.17) is 21.1 Å². The van der Waals surface area contributed by atoms with Crippen molar-refractivity contribution in [2.24, 2.45) is 0 Å². The van der Waals surface area contributed by atoms with Crippen molar-refractivity contribution in [3.05, 3.63) is 228 Å². The van der Waals surface area contributed by atoms with Crippen LogP contribution in [0.1, 0.15) is 84.5 Å². The van der Waals surface area contributed by atoms with Gasteiger partial charge in [-0.05, 0) is 111 Å². The average molecular weight is 1040 g/mol. The summed E-state index contributed by atoms with van der Waals surface area (Å²) in [6.07, 6.45) is 1.32. The van der Waals surface area contributed by atoms with Gasteiger partial charge >= 0.3 is 11.9 Å². The van der Waals surface area contributed by atoms with Crippen LogP contribution in [0.5, 0.6) is 11.5 Å². The van der Waals surface area contributed by atoms with Gasteiger partial charge in [-0.25, -0.2) is 9.59 Å². The molecule has 11 rings (SSSR count). The van der Waals surface area contributed by atoms with Gasteiger partial charge in [0.25, 0.3) is 0 Å². The third-order valence-electron chi connectivity index (χ3n) is 14.4. The highest BCUT2D eigenvalue weighted by Gasteiger charge is 2.28. The highest BCUT2D eigenvalue weighted by molar-refractivity contribution is 6.31. The van der Waals surface area contributed by atoms with E-state index in [2.05, 4.69) is 113 Å². The summed E-state index contributed by atoms with van der Waals surface area (Å²) in [5.41, 5.74) is 10.2. The maximum atomic E-state index is 13.0. The second kappa shape index (κ2) is 23.1. The number of carbonyl (C=O) groups is 2. The Morgan fingerprint density at radius 2 is 0.883 bits per heavy atom. The number of fused-ring (bicyclic) bond motifs is 4. The van der Waals surface area contributed by atoms with E-state index in [1.807, 2.05) is 124 Å². The summed E-state index contributed by atoms with van der Waals surface area (Å²) in [6, 6.07) is 66.7. The molecule has 0 aliphatic heterocycles. The summed E-state index contributed by atoms with van der Waals surface area (Å²) in [5.74, 6) is 0.296. The molecule has 0 amide bonds. The van der Waals surface area contributed by atoms with Crippen molar-refractivity contribution in [1.29, 1.82) is 0 Å². The predicted octanol–water partition coefficient (Wildman–Crippen LogP) is 17.8. The molecule has 0 radical (unpaired) electrons. The molecule has 11 aromatic rings. The Labute approximate surface area is 454 Å². The number of aromatic nitrogens is 2. The Morgan fingerprint density at radius 3 is 1.38 bits per heavy atom. The van der Waals surface area contributed by atoms with E-state index >= 15 is 0 Å². The molecule has 2 heterocycles. The van der Waals surface area contributed by atoms with Crippen LogP contribution in [0.2, 0.25) is 5.02 Å². The Kier molecular flexibility index (Phi) is 15.6. The van der Waals surface area contributed by atoms with Crippen molar-refractivity contribution in [3.8, 4) is 44.9 Å². The van der Waals surface area contributed by atoms with E-state index in [1.54, 1.807) is 0 Å². The number of aromatic carboxylic acids is 2. The monoisotopic (exact) mass is 1040 g/mol. The highest BCUT2D eigenvalue weighted by atomic mass is 35.5. The van der Waals surface area contributed by atoms with Crippen LogP contribution < -0.4 is 9.47 Å². The lowest BCUT2D eigenvalue weighted by Gasteiger charge is -2.14. The zero-order valence-electron chi connectivity index (χ0n) is 43.7. The summed E-state index contributed by atoms with van der Waals surface area (Å²) in [7, 11) is 0. The predicted molar refractivity (Wildman–Crippen MR) is 315 cm³/mol. The zero-order chi connectivity index (χ0) is 53.6. The number of carboxylic acids is 2. The third kappa shape index (κ3) is 10.8. The molecular weight excluding hydrogens is 976 g/mol. The summed E-state index contributed by atoms with van der Waals surface area (Å²) >= 11 is 6.39. The molecule has 0 aliphatic carbocycles. The number of halogens is 1. The molecule has 0 unspecified atom stereocenters. The topological polar surface area (TPSA) is 103 Å². The number of nitrogens with zero attached hydrogens (tertiary/aromatic N) is 2. The van der Waals surface area contributed by atoms with Gasteiger partial charge in [0.15, 0.2) is 0 Å². The molecule has 77 heavy (non-hydrogen) atoms. The lowest BCUT2D eigenvalue weighted by molar-refractivity contribution is 0.0675. The van der Waals surface area contributed by atoms with Crippen LogP contribution in [-0.2, 0) is 13.1 Å². The molecule has 8 nitrogen and oxygen atoms in total. The molecule has 0 saturated heterocycles. The van der Waals surface area contributed by atoms with Gasteiger partial charge < -0.3 is 28.8 Å². The Balaban J connectivity index is 0.000000176. The van der Waals surface area contributed by atoms with Gasteiger partial charge in [0.2, 0.25) is 0 Å². The van der Waals surface area contributed by atoms with Gasteiger partial charge in [0, 0.05) is 61.8 Å². The second-order valence-corrected chi connectivity index (χ2v) is 20.4. The van der Waals surface area contributed by atoms with Gasteiger partial charge in [-0.2, -0.15) is 0 Å². The number of aryl methyl sites for hydroxylation is 2. The standard InChI is InChI=1S/C37H33NO3.C31H28ClNO3/c1-25(2)29-16-8-9-18-31(29)35-32-24-28(26-12-4-3-5-13-26)20-21-33(32)38(36(35)37(39)40)22-11-23-41-34-19-10-15-27-14-6-7-17-30(27)34;1-20(2)23-11-5-6-13-25(23)29-26-19-22(32)15-16-27(26)33(30(29)31(34)35)17-8-18-36-28-14-7-10-21-9-3-4-12-24(21)28/h3-10,12-21,24-25H,11,22-23H2,1-2H3,(H,39,40);3-7,9-16,19-20H,8,17-18H2,1-2H3,(H,34,35). The third-order valence-corrected chi connectivity index (χ3v) is 14.6. The summed E-state index contributed by atoms with van der Waals surface area (Å²) in [6.45, 7) is 10.5. The van der Waals surface area contributed by atoms with E-state index in [9.17, 15) is 19.8 Å². The molecule has 386 valence electrons. The molecule has 2 N–H and O–H groups in total. The lowest BCUT2D eigenvalue weighted by Crippen LogP contribution is -2.12. The molecule has 0 aliphatic rings. The molecule has 0 fully saturated rings. The molecule has 0 spiro atoms. The maximum Gasteiger partial charge on any atom is 0.353 e. The number of hydrogen-bond donors (Lipinski definition) is 2. The second-order valence-electron chi connectivity index (χ2n) is 20.0. The smallest absolute Gasteiger partial charge is 0.353 e. The average Bonchev–Trinajstić information content (AvgIpc) is 3.99. The summed E-state index contributed by atoms with van der Waals surface area (Å²) in [4.78, 5) is 25.6. The fraction of sp³-hybridized carbons (Fsp3) is 0.176. The van der Waals surface area contributed by atoms with Crippen LogP contribution in [0.3, 0.4) is 0 Å². The van der Waals surface area contributed by atoms with E-state index in [0.717, 1.165) is 99.4 Å². The van der Waals surface area contributed by atoms with Gasteiger partial charge in [0.05, 0.1) is 13.2 Å². The van der Waals surface area contributed by atoms with Gasteiger partial charge in [0.1, 0.15) is 22.9 Å². The minimum atomic E-state index is -0.953. The molecule has 0 atom stereocenters. The van der Waals surface area contributed by atoms with Crippen molar-refractivity contribution in [3.63, 3.8) is 0 Å². The Bertz CT molecular complexity index is 3920. The van der Waals surface area contributed by atoms with Crippen molar-refractivity contribution in [2.45, 2.75) is 65.5 Å². The van der Waals surface area contributed by atoms with Crippen molar-refractivity contribution < 1.29 is 29.3 Å². The fourth-order valence-corrected chi connectivity index (χ4v) is 11.0. The number of rotatable bonds is 17. The zero-order valence-corrected chi connectivity index (χ0v) is 44.5. The van der Waals surface area contributed by atoms with Crippen molar-refractivity contribution in [1.82, 2.24) is 9.13 Å². The normalized spacial score (nSPS) is 11.4. The van der Waals surface area contributed by atoms with E-state index in [-0.39, 0.29) is 17.5 Å². The van der Waals surface area contributed by atoms with Crippen molar-refractivity contribution in [2.75, 3.05) is 13.2 Å². The SMILES string of the molecule is CC(C)c1ccccc1-c1c(C(=O)O)n(CCCOc2cccc3ccccc23)c2ccc(-c3ccccc3)cc12.CC(C)c1ccccc1-c1c(C(=O)O)n(CCCOc2cccc3ccccc23)c2ccc(Cl)cc12. The molecule has 2 aromatic heterocycles.